The van der Waals surface area contributed by atoms with Crippen LogP contribution in [0, 0.1) is 5.92 Å². The highest BCUT2D eigenvalue weighted by Crippen LogP contribution is 2.49. The molecule has 6 atom stereocenters. The number of aromatic amines is 1. The molecule has 6 N–H and O–H groups in total. The van der Waals surface area contributed by atoms with E-state index in [2.05, 4.69) is 20.0 Å². The first-order chi connectivity index (χ1) is 22.9. The lowest BCUT2D eigenvalue weighted by Crippen LogP contribution is -2.45. The number of carbonyl (C=O) groups is 1. The summed E-state index contributed by atoms with van der Waals surface area (Å²) in [6.07, 6.45) is -2.19. The van der Waals surface area contributed by atoms with E-state index < -0.39 is 61.9 Å². The van der Waals surface area contributed by atoms with Crippen molar-refractivity contribution in [2.45, 2.75) is 69.8 Å². The number of nitrogens with zero attached hydrogens (tertiary/aromatic N) is 3. The first-order valence-corrected chi connectivity index (χ1v) is 17.2. The van der Waals surface area contributed by atoms with Crippen molar-refractivity contribution in [2.24, 2.45) is 5.92 Å². The summed E-state index contributed by atoms with van der Waals surface area (Å²) in [5, 5.41) is 26.8. The number of imidazole rings is 1. The SMILES string of the molecule is CC(C)[C@H](NP(=O)(OC[C@H]1OC(n2cnc3c(=O)[nH]c(N)nc32)[C@](C)(O)[C@@H]1O)Oc1cccc2ccccc12)C(=O)OC1CCOCC1. The molecule has 2 aromatic carbocycles. The number of nitrogen functional groups attached to an aromatic ring is 1. The zero-order valence-corrected chi connectivity index (χ0v) is 27.5. The third-order valence-electron chi connectivity index (χ3n) is 8.50. The number of carbonyl (C=O) groups excluding carboxylic acids is 1. The summed E-state index contributed by atoms with van der Waals surface area (Å²) in [6.45, 7) is 5.23. The Morgan fingerprint density at radius 3 is 2.71 bits per heavy atom. The minimum Gasteiger partial charge on any atom is -0.461 e. The normalized spacial score (nSPS) is 25.3. The fourth-order valence-electron chi connectivity index (χ4n) is 5.83. The van der Waals surface area contributed by atoms with Crippen LogP contribution in [0.5, 0.6) is 5.75 Å². The number of nitrogens with one attached hydrogen (secondary N) is 2. The second kappa shape index (κ2) is 13.6. The zero-order valence-electron chi connectivity index (χ0n) is 26.6. The Balaban J connectivity index is 1.28. The highest BCUT2D eigenvalue weighted by Gasteiger charge is 2.54. The molecule has 0 aliphatic carbocycles. The zero-order chi connectivity index (χ0) is 34.2. The molecule has 0 amide bonds. The molecule has 2 aliphatic rings. The number of nitrogens with two attached hydrogens (primary N) is 1. The number of benzene rings is 2. The number of anilines is 1. The molecule has 6 rings (SSSR count). The van der Waals surface area contributed by atoms with Crippen LogP contribution in [0.4, 0.5) is 5.95 Å². The first-order valence-electron chi connectivity index (χ1n) is 15.6. The number of hydrogen-bond donors (Lipinski definition) is 5. The van der Waals surface area contributed by atoms with E-state index in [0.717, 1.165) is 5.39 Å². The lowest BCUT2D eigenvalue weighted by Gasteiger charge is -2.30. The van der Waals surface area contributed by atoms with E-state index >= 15 is 0 Å². The molecule has 16 nitrogen and oxygen atoms in total. The maximum Gasteiger partial charge on any atom is 0.459 e. The lowest BCUT2D eigenvalue weighted by molar-refractivity contribution is -0.156. The average Bonchev–Trinajstić information content (AvgIpc) is 3.56. The first kappa shape index (κ1) is 34.0. The number of H-pyrrole nitrogens is 1. The van der Waals surface area contributed by atoms with Crippen LogP contribution < -0.4 is 20.9 Å². The summed E-state index contributed by atoms with van der Waals surface area (Å²) in [6, 6.07) is 11.4. The van der Waals surface area contributed by atoms with E-state index in [-0.39, 0.29) is 29.0 Å². The van der Waals surface area contributed by atoms with Crippen molar-refractivity contribution in [1.82, 2.24) is 24.6 Å². The number of ether oxygens (including phenoxy) is 3. The molecule has 17 heteroatoms. The van der Waals surface area contributed by atoms with Gasteiger partial charge < -0.3 is 34.7 Å². The summed E-state index contributed by atoms with van der Waals surface area (Å²) in [4.78, 5) is 36.3. The van der Waals surface area contributed by atoms with Gasteiger partial charge in [0, 0.05) is 18.2 Å². The summed E-state index contributed by atoms with van der Waals surface area (Å²) >= 11 is 0. The van der Waals surface area contributed by atoms with Gasteiger partial charge >= 0.3 is 13.7 Å². The minimum atomic E-state index is -4.46. The van der Waals surface area contributed by atoms with Gasteiger partial charge in [-0.3, -0.25) is 23.7 Å². The van der Waals surface area contributed by atoms with Crippen LogP contribution in [0.1, 0.15) is 39.8 Å². The van der Waals surface area contributed by atoms with E-state index in [0.29, 0.717) is 31.4 Å². The Bertz CT molecular complexity index is 1890. The van der Waals surface area contributed by atoms with Crippen molar-refractivity contribution in [1.29, 1.82) is 0 Å². The van der Waals surface area contributed by atoms with Crippen LogP contribution in [0.25, 0.3) is 21.9 Å². The summed E-state index contributed by atoms with van der Waals surface area (Å²) in [7, 11) is -4.46. The van der Waals surface area contributed by atoms with Crippen molar-refractivity contribution in [3.05, 3.63) is 59.1 Å². The highest BCUT2D eigenvalue weighted by molar-refractivity contribution is 7.52. The number of aliphatic hydroxyl groups excluding tert-OH is 1. The Hall–Kier alpha value is -3.89. The van der Waals surface area contributed by atoms with Crippen LogP contribution in [-0.4, -0.2) is 85.5 Å². The van der Waals surface area contributed by atoms with Gasteiger partial charge in [-0.15, -0.1) is 0 Å². The average molecular weight is 687 g/mol. The van der Waals surface area contributed by atoms with Crippen LogP contribution in [-0.2, 0) is 28.1 Å². The second-order valence-corrected chi connectivity index (χ2v) is 14.1. The number of aliphatic hydroxyl groups is 2. The van der Waals surface area contributed by atoms with Crippen LogP contribution in [0.3, 0.4) is 0 Å². The quantitative estimate of drug-likeness (QED) is 0.113. The molecule has 0 saturated carbocycles. The second-order valence-electron chi connectivity index (χ2n) is 12.4. The third kappa shape index (κ3) is 6.83. The Labute approximate surface area is 275 Å². The molecule has 48 heavy (non-hydrogen) atoms. The van der Waals surface area contributed by atoms with Gasteiger partial charge in [0.05, 0.1) is 26.1 Å². The maximum atomic E-state index is 14.7. The fraction of sp³-hybridized carbons (Fsp3) is 0.484. The molecule has 0 spiro atoms. The molecule has 2 aromatic heterocycles. The monoisotopic (exact) mass is 686 g/mol. The maximum absolute atomic E-state index is 14.7. The summed E-state index contributed by atoms with van der Waals surface area (Å²) in [5.74, 6) is -0.988. The predicted octanol–water partition coefficient (Wildman–Crippen LogP) is 2.40. The van der Waals surface area contributed by atoms with E-state index in [4.69, 9.17) is 29.0 Å². The molecule has 2 aliphatic heterocycles. The van der Waals surface area contributed by atoms with E-state index in [1.807, 2.05) is 18.2 Å². The van der Waals surface area contributed by atoms with Crippen LogP contribution in [0.2, 0.25) is 0 Å². The molecule has 4 aromatic rings. The predicted molar refractivity (Wildman–Crippen MR) is 173 cm³/mol. The van der Waals surface area contributed by atoms with E-state index in [1.165, 1.54) is 17.8 Å². The van der Waals surface area contributed by atoms with Gasteiger partial charge in [-0.1, -0.05) is 50.2 Å². The van der Waals surface area contributed by atoms with Crippen molar-refractivity contribution in [3.8, 4) is 5.75 Å². The van der Waals surface area contributed by atoms with Gasteiger partial charge in [0.25, 0.3) is 5.56 Å². The number of rotatable bonds is 11. The molecule has 4 heterocycles. The lowest BCUT2D eigenvalue weighted by atomic mass is 9.96. The third-order valence-corrected chi connectivity index (χ3v) is 10.0. The summed E-state index contributed by atoms with van der Waals surface area (Å²) in [5.41, 5.74) is 3.14. The standard InChI is InChI=1S/C31H39N6O10P/c1-17(2)23(28(40)45-19-11-13-43-14-12-19)36-48(42,47-21-10-6-8-18-7-4-5-9-20(18)21)44-15-22-25(38)31(3,41)29(46-22)37-16-33-24-26(37)34-30(32)35-27(24)39/h4-10,16-17,19,22-23,25,29,38,41H,11-15H2,1-3H3,(H,36,42)(H3,32,34,35,39)/t22-,23+,25-,29?,31-,48?/m1/s1. The largest absolute Gasteiger partial charge is 0.461 e. The van der Waals surface area contributed by atoms with Gasteiger partial charge in [0.15, 0.2) is 17.4 Å². The highest BCUT2D eigenvalue weighted by atomic mass is 31.2. The molecule has 2 saturated heterocycles. The van der Waals surface area contributed by atoms with Crippen molar-refractivity contribution >= 4 is 41.6 Å². The van der Waals surface area contributed by atoms with Gasteiger partial charge in [0.1, 0.15) is 35.7 Å². The van der Waals surface area contributed by atoms with Gasteiger partial charge in [-0.2, -0.15) is 10.1 Å². The topological polar surface area (TPSA) is 222 Å². The smallest absolute Gasteiger partial charge is 0.459 e. The molecule has 258 valence electrons. The van der Waals surface area contributed by atoms with Crippen LogP contribution >= 0.6 is 7.75 Å². The molecular weight excluding hydrogens is 647 g/mol. The fourth-order valence-corrected chi connectivity index (χ4v) is 7.52. The number of fused-ring (bicyclic) bond motifs is 2. The molecule has 0 bridgehead atoms. The minimum absolute atomic E-state index is 0.0183. The van der Waals surface area contributed by atoms with Crippen molar-refractivity contribution in [2.75, 3.05) is 25.6 Å². The molecule has 2 unspecified atom stereocenters. The summed E-state index contributed by atoms with van der Waals surface area (Å²) < 4.78 is 45.1. The van der Waals surface area contributed by atoms with E-state index in [9.17, 15) is 24.4 Å². The molecule has 2 fully saturated rings. The van der Waals surface area contributed by atoms with Gasteiger partial charge in [-0.05, 0) is 24.3 Å². The van der Waals surface area contributed by atoms with Crippen molar-refractivity contribution < 1.29 is 42.8 Å². The Morgan fingerprint density at radius 1 is 1.23 bits per heavy atom. The number of esters is 1. The number of hydrogen-bond acceptors (Lipinski definition) is 13. The molecular formula is C31H39N6O10P. The van der Waals surface area contributed by atoms with E-state index in [1.54, 1.807) is 38.1 Å². The molecule has 0 radical (unpaired) electrons. The van der Waals surface area contributed by atoms with Gasteiger partial charge in [-0.25, -0.2) is 9.55 Å². The Morgan fingerprint density at radius 2 is 1.96 bits per heavy atom. The van der Waals surface area contributed by atoms with Crippen molar-refractivity contribution in [3.63, 3.8) is 0 Å². The van der Waals surface area contributed by atoms with Gasteiger partial charge in [0.2, 0.25) is 5.95 Å². The van der Waals surface area contributed by atoms with Crippen LogP contribution in [0.15, 0.2) is 53.6 Å². The number of aromatic nitrogens is 4. The Kier molecular flexibility index (Phi) is 9.60.